The van der Waals surface area contributed by atoms with Crippen LogP contribution >= 0.6 is 0 Å². The smallest absolute Gasteiger partial charge is 0.257 e. The van der Waals surface area contributed by atoms with Crippen LogP contribution in [0.15, 0.2) is 11.1 Å². The molecule has 0 radical (unpaired) electrons. The van der Waals surface area contributed by atoms with Crippen LogP contribution in [0.2, 0.25) is 0 Å². The number of carboxylic acid groups (broad SMARTS) is 1. The third-order valence-electron chi connectivity index (χ3n) is 3.07. The van der Waals surface area contributed by atoms with E-state index in [2.05, 4.69) is 0 Å². The first-order valence-corrected chi connectivity index (χ1v) is 5.45. The fraction of sp³-hybridized carbons (Fsp3) is 0.545. The molecule has 1 heterocycles. The molecular weight excluding hydrogens is 229 g/mol. The van der Waals surface area contributed by atoms with Gasteiger partial charge in [-0.15, -0.1) is 0 Å². The number of hydrogen-bond donors (Lipinski definition) is 0. The van der Waals surface area contributed by atoms with E-state index in [1.807, 2.05) is 0 Å². The molecule has 0 N–H and O–H groups in total. The van der Waals surface area contributed by atoms with E-state index in [-0.39, 0.29) is 0 Å². The molecule has 17 heavy (non-hydrogen) atoms. The first-order chi connectivity index (χ1) is 8.02. The number of amides is 2. The fourth-order valence-corrected chi connectivity index (χ4v) is 2.20. The Labute approximate surface area is 96.9 Å². The topological polar surface area (TPSA) is 77.5 Å². The van der Waals surface area contributed by atoms with Gasteiger partial charge in [-0.2, -0.15) is 0 Å². The minimum atomic E-state index is -2.33. The summed E-state index contributed by atoms with van der Waals surface area (Å²) in [7, 11) is 0. The molecule has 6 heteroatoms. The average Bonchev–Trinajstić information content (AvgIpc) is 2.55. The van der Waals surface area contributed by atoms with Gasteiger partial charge in [-0.3, -0.25) is 14.5 Å². The Kier molecular flexibility index (Phi) is 2.95. The summed E-state index contributed by atoms with van der Waals surface area (Å²) in [5, 5.41) is 10.3. The number of imide groups is 1. The van der Waals surface area contributed by atoms with E-state index in [1.165, 1.54) is 0 Å². The number of carbonyl (C=O) groups is 3. The van der Waals surface area contributed by atoms with Crippen LogP contribution in [0.5, 0.6) is 0 Å². The molecule has 92 valence electrons. The summed E-state index contributed by atoms with van der Waals surface area (Å²) in [4.78, 5) is 34.5. The lowest BCUT2D eigenvalue weighted by atomic mass is 9.93. The second kappa shape index (κ2) is 4.27. The van der Waals surface area contributed by atoms with E-state index in [0.29, 0.717) is 28.9 Å². The van der Waals surface area contributed by atoms with E-state index in [9.17, 15) is 23.9 Å². The maximum Gasteiger partial charge on any atom is 0.257 e. The van der Waals surface area contributed by atoms with Crippen LogP contribution in [0.4, 0.5) is 4.39 Å². The second-order valence-corrected chi connectivity index (χ2v) is 4.17. The van der Waals surface area contributed by atoms with Gasteiger partial charge in [-0.05, 0) is 25.7 Å². The van der Waals surface area contributed by atoms with Crippen molar-refractivity contribution in [3.8, 4) is 0 Å². The van der Waals surface area contributed by atoms with Crippen LogP contribution in [-0.2, 0) is 14.4 Å². The summed E-state index contributed by atoms with van der Waals surface area (Å²) < 4.78 is 13.0. The minimum Gasteiger partial charge on any atom is -0.547 e. The van der Waals surface area contributed by atoms with Crippen LogP contribution in [0, 0.1) is 0 Å². The number of hydrogen-bond acceptors (Lipinski definition) is 4. The van der Waals surface area contributed by atoms with E-state index >= 15 is 0 Å². The van der Waals surface area contributed by atoms with Crippen LogP contribution in [-0.4, -0.2) is 35.4 Å². The lowest BCUT2D eigenvalue weighted by molar-refractivity contribution is -0.311. The summed E-state index contributed by atoms with van der Waals surface area (Å²) in [5.74, 6) is -3.00. The fourth-order valence-electron chi connectivity index (χ4n) is 2.20. The van der Waals surface area contributed by atoms with Gasteiger partial charge in [0, 0.05) is 11.1 Å². The highest BCUT2D eigenvalue weighted by atomic mass is 19.1. The monoisotopic (exact) mass is 240 g/mol. The van der Waals surface area contributed by atoms with Crippen molar-refractivity contribution in [2.75, 3.05) is 6.54 Å². The number of aliphatic carboxylic acids is 1. The number of carboxylic acids is 1. The first-order valence-electron chi connectivity index (χ1n) is 5.45. The van der Waals surface area contributed by atoms with Gasteiger partial charge in [0.1, 0.15) is 0 Å². The van der Waals surface area contributed by atoms with Gasteiger partial charge in [0.05, 0.1) is 12.5 Å². The molecule has 0 bridgehead atoms. The summed E-state index contributed by atoms with van der Waals surface area (Å²) in [6.45, 7) is -0.757. The Bertz CT molecular complexity index is 401. The molecule has 1 aliphatic carbocycles. The van der Waals surface area contributed by atoms with E-state index in [1.54, 1.807) is 0 Å². The van der Waals surface area contributed by atoms with Gasteiger partial charge in [0.2, 0.25) is 0 Å². The number of rotatable bonds is 3. The van der Waals surface area contributed by atoms with Crippen LogP contribution in [0.1, 0.15) is 25.7 Å². The maximum absolute atomic E-state index is 13.0. The highest BCUT2D eigenvalue weighted by Gasteiger charge is 2.39. The average molecular weight is 240 g/mol. The zero-order chi connectivity index (χ0) is 12.6. The van der Waals surface area contributed by atoms with Gasteiger partial charge in [0.15, 0.2) is 6.17 Å². The van der Waals surface area contributed by atoms with Crippen molar-refractivity contribution in [1.29, 1.82) is 0 Å². The number of nitrogens with zero attached hydrogens (tertiary/aromatic N) is 1. The SMILES string of the molecule is O=C([O-])C(F)CN1C(=O)C2=C(CCCC2)C1=O. The largest absolute Gasteiger partial charge is 0.547 e. The lowest BCUT2D eigenvalue weighted by Crippen LogP contribution is -2.44. The van der Waals surface area contributed by atoms with Gasteiger partial charge >= 0.3 is 0 Å². The van der Waals surface area contributed by atoms with E-state index in [0.717, 1.165) is 12.8 Å². The Balaban J connectivity index is 2.16. The van der Waals surface area contributed by atoms with E-state index < -0.39 is 30.5 Å². The van der Waals surface area contributed by atoms with Crippen molar-refractivity contribution in [2.24, 2.45) is 0 Å². The molecule has 5 nitrogen and oxygen atoms in total. The van der Waals surface area contributed by atoms with Crippen molar-refractivity contribution in [3.05, 3.63) is 11.1 Å². The van der Waals surface area contributed by atoms with Gasteiger partial charge in [-0.1, -0.05) is 0 Å². The molecule has 0 aromatic heterocycles. The summed E-state index contributed by atoms with van der Waals surface area (Å²) in [5.41, 5.74) is 0.846. The molecule has 2 rings (SSSR count). The van der Waals surface area contributed by atoms with Crippen LogP contribution < -0.4 is 5.11 Å². The Morgan fingerprint density at radius 1 is 1.24 bits per heavy atom. The maximum atomic E-state index is 13.0. The van der Waals surface area contributed by atoms with E-state index in [4.69, 9.17) is 0 Å². The van der Waals surface area contributed by atoms with Crippen molar-refractivity contribution in [1.82, 2.24) is 4.90 Å². The number of halogens is 1. The molecule has 0 fully saturated rings. The highest BCUT2D eigenvalue weighted by molar-refractivity contribution is 6.19. The number of alkyl halides is 1. The van der Waals surface area contributed by atoms with Gasteiger partial charge in [-0.25, -0.2) is 4.39 Å². The third kappa shape index (κ3) is 1.94. The third-order valence-corrected chi connectivity index (χ3v) is 3.07. The van der Waals surface area contributed by atoms with Crippen LogP contribution in [0.25, 0.3) is 0 Å². The molecule has 1 atom stereocenters. The molecule has 0 aromatic carbocycles. The van der Waals surface area contributed by atoms with Crippen molar-refractivity contribution < 1.29 is 23.9 Å². The van der Waals surface area contributed by atoms with Crippen molar-refractivity contribution >= 4 is 17.8 Å². The molecule has 0 spiro atoms. The second-order valence-electron chi connectivity index (χ2n) is 4.17. The number of carbonyl (C=O) groups excluding carboxylic acids is 3. The normalized spacial score (nSPS) is 21.8. The van der Waals surface area contributed by atoms with Gasteiger partial charge in [0.25, 0.3) is 11.8 Å². The molecule has 0 saturated heterocycles. The predicted octanol–water partition coefficient (Wildman–Crippen LogP) is -0.686. The molecular formula is C11H11FNO4-. The quantitative estimate of drug-likeness (QED) is 0.612. The molecule has 1 unspecified atom stereocenters. The molecule has 0 aromatic rings. The summed E-state index contributed by atoms with van der Waals surface area (Å²) in [6, 6.07) is 0. The minimum absolute atomic E-state index is 0.423. The Morgan fingerprint density at radius 2 is 1.71 bits per heavy atom. The van der Waals surface area contributed by atoms with Gasteiger partial charge < -0.3 is 9.90 Å². The van der Waals surface area contributed by atoms with Crippen LogP contribution in [0.3, 0.4) is 0 Å². The Hall–Kier alpha value is -1.72. The molecule has 0 saturated carbocycles. The first kappa shape index (κ1) is 11.8. The Morgan fingerprint density at radius 3 is 2.12 bits per heavy atom. The molecule has 2 amide bonds. The zero-order valence-corrected chi connectivity index (χ0v) is 9.07. The highest BCUT2D eigenvalue weighted by Crippen LogP contribution is 2.32. The lowest BCUT2D eigenvalue weighted by Gasteiger charge is -2.18. The summed E-state index contributed by atoms with van der Waals surface area (Å²) >= 11 is 0. The standard InChI is InChI=1S/C11H12FNO4/c12-8(11(16)17)5-13-9(14)6-3-1-2-4-7(6)10(13)15/h8H,1-5H2,(H,16,17)/p-1. The van der Waals surface area contributed by atoms with Crippen molar-refractivity contribution in [3.63, 3.8) is 0 Å². The predicted molar refractivity (Wildman–Crippen MR) is 52.1 cm³/mol. The molecule has 1 aliphatic heterocycles. The molecule has 2 aliphatic rings. The zero-order valence-electron chi connectivity index (χ0n) is 9.07. The van der Waals surface area contributed by atoms with Crippen molar-refractivity contribution in [2.45, 2.75) is 31.9 Å². The summed E-state index contributed by atoms with van der Waals surface area (Å²) in [6.07, 6.45) is 0.345.